The van der Waals surface area contributed by atoms with E-state index in [0.29, 0.717) is 5.69 Å². The summed E-state index contributed by atoms with van der Waals surface area (Å²) >= 11 is 1.01. The largest absolute Gasteiger partial charge is 0.281 e. The summed E-state index contributed by atoms with van der Waals surface area (Å²) in [4.78, 5) is 24.8. The zero-order chi connectivity index (χ0) is 16.1. The summed E-state index contributed by atoms with van der Waals surface area (Å²) in [5, 5.41) is 0. The maximum Gasteiger partial charge on any atom is 0.255 e. The number of nitrogens with zero attached hydrogens (tertiary/aromatic N) is 3. The highest BCUT2D eigenvalue weighted by atomic mass is 32.2. The van der Waals surface area contributed by atoms with Gasteiger partial charge in [-0.25, -0.2) is 9.97 Å². The molecule has 0 aliphatic rings. The van der Waals surface area contributed by atoms with E-state index in [0.717, 1.165) is 28.1 Å². The molecule has 3 aromatic rings. The van der Waals surface area contributed by atoms with E-state index in [-0.39, 0.29) is 5.56 Å². The van der Waals surface area contributed by atoms with Gasteiger partial charge in [-0.05, 0) is 29.3 Å². The molecule has 0 bridgehead atoms. The number of hydrogen-bond donors (Lipinski definition) is 1. The van der Waals surface area contributed by atoms with Gasteiger partial charge in [-0.3, -0.25) is 9.36 Å². The fourth-order valence-corrected chi connectivity index (χ4v) is 2.40. The first-order chi connectivity index (χ1) is 11.3. The topological polar surface area (TPSA) is 92.3 Å². The highest BCUT2D eigenvalue weighted by molar-refractivity contribution is 7.94. The predicted molar refractivity (Wildman–Crippen MR) is 85.3 cm³/mol. The molecule has 0 amide bonds. The van der Waals surface area contributed by atoms with Crippen LogP contribution in [0.2, 0.25) is 0 Å². The lowest BCUT2D eigenvalue weighted by molar-refractivity contribution is -0.195. The molecule has 116 valence electrons. The Morgan fingerprint density at radius 3 is 2.39 bits per heavy atom. The Kier molecular flexibility index (Phi) is 4.79. The molecule has 8 heteroatoms. The third-order valence-electron chi connectivity index (χ3n) is 3.09. The van der Waals surface area contributed by atoms with Gasteiger partial charge < -0.3 is 0 Å². The molecule has 0 saturated heterocycles. The van der Waals surface area contributed by atoms with Crippen molar-refractivity contribution < 1.29 is 9.32 Å². The fraction of sp³-hybridized carbons (Fsp3) is 0. The van der Waals surface area contributed by atoms with Gasteiger partial charge in [0.1, 0.15) is 6.33 Å². The van der Waals surface area contributed by atoms with Crippen molar-refractivity contribution in [2.24, 2.45) is 5.90 Å². The Hall–Kier alpha value is -2.52. The summed E-state index contributed by atoms with van der Waals surface area (Å²) < 4.78 is 6.10. The van der Waals surface area contributed by atoms with Crippen molar-refractivity contribution in [3.05, 3.63) is 71.7 Å². The van der Waals surface area contributed by atoms with Gasteiger partial charge in [0.25, 0.3) is 5.56 Å². The smallest absolute Gasteiger partial charge is 0.255 e. The molecule has 2 aromatic heterocycles. The van der Waals surface area contributed by atoms with E-state index in [2.05, 4.69) is 19.3 Å². The zero-order valence-electron chi connectivity index (χ0n) is 11.8. The molecule has 7 nitrogen and oxygen atoms in total. The summed E-state index contributed by atoms with van der Waals surface area (Å²) in [6, 6.07) is 10.8. The monoisotopic (exact) mass is 328 g/mol. The molecule has 2 heterocycles. The fourth-order valence-electron chi connectivity index (χ4n) is 2.04. The molecule has 1 aromatic carbocycles. The maximum absolute atomic E-state index is 12.0. The number of benzene rings is 1. The minimum absolute atomic E-state index is 0.149. The molecule has 2 N–H and O–H groups in total. The van der Waals surface area contributed by atoms with Crippen LogP contribution in [0.25, 0.3) is 16.8 Å². The van der Waals surface area contributed by atoms with Crippen LogP contribution >= 0.6 is 12.0 Å². The second-order valence-corrected chi connectivity index (χ2v) is 5.27. The molecule has 0 radical (unpaired) electrons. The highest BCUT2D eigenvalue weighted by Crippen LogP contribution is 2.24. The van der Waals surface area contributed by atoms with Crippen LogP contribution in [0, 0.1) is 0 Å². The van der Waals surface area contributed by atoms with Crippen LogP contribution in [-0.4, -0.2) is 14.5 Å². The number of rotatable bonds is 5. The average molecular weight is 328 g/mol. The SMILES string of the molecule is NOOSc1ccc(-c2ccc(=O)n(-c3cncnc3)c2)cc1. The van der Waals surface area contributed by atoms with Gasteiger partial charge >= 0.3 is 0 Å². The molecule has 0 aliphatic heterocycles. The molecule has 0 aliphatic carbocycles. The van der Waals surface area contributed by atoms with E-state index in [1.54, 1.807) is 24.7 Å². The van der Waals surface area contributed by atoms with Crippen LogP contribution in [0.5, 0.6) is 0 Å². The minimum Gasteiger partial charge on any atom is -0.281 e. The quantitative estimate of drug-likeness (QED) is 0.436. The lowest BCUT2D eigenvalue weighted by atomic mass is 10.1. The van der Waals surface area contributed by atoms with Crippen LogP contribution in [-0.2, 0) is 9.32 Å². The molecule has 0 atom stereocenters. The number of pyridine rings is 1. The van der Waals surface area contributed by atoms with Gasteiger partial charge in [0.15, 0.2) is 0 Å². The molecule has 0 fully saturated rings. The summed E-state index contributed by atoms with van der Waals surface area (Å²) in [6.07, 6.45) is 6.34. The maximum atomic E-state index is 12.0. The predicted octanol–water partition coefficient (Wildman–Crippen LogP) is 2.12. The Balaban J connectivity index is 1.93. The first kappa shape index (κ1) is 15.4. The van der Waals surface area contributed by atoms with E-state index in [1.165, 1.54) is 17.0 Å². The van der Waals surface area contributed by atoms with Gasteiger partial charge in [0.05, 0.1) is 30.1 Å². The Bertz CT molecular complexity index is 837. The minimum atomic E-state index is -0.149. The van der Waals surface area contributed by atoms with Gasteiger partial charge in [0, 0.05) is 17.2 Å². The molecule has 23 heavy (non-hydrogen) atoms. The Morgan fingerprint density at radius 2 is 1.70 bits per heavy atom. The van der Waals surface area contributed by atoms with Gasteiger partial charge in [-0.15, -0.1) is 9.32 Å². The molecule has 0 unspecified atom stereocenters. The van der Waals surface area contributed by atoms with Crippen LogP contribution in [0.3, 0.4) is 0 Å². The van der Waals surface area contributed by atoms with Crippen LogP contribution < -0.4 is 11.5 Å². The van der Waals surface area contributed by atoms with E-state index in [1.807, 2.05) is 24.3 Å². The second kappa shape index (κ2) is 7.16. The lowest BCUT2D eigenvalue weighted by Crippen LogP contribution is -2.16. The number of hydrogen-bond acceptors (Lipinski definition) is 7. The number of nitrogens with two attached hydrogens (primary N) is 1. The van der Waals surface area contributed by atoms with Gasteiger partial charge in [-0.2, -0.15) is 5.90 Å². The highest BCUT2D eigenvalue weighted by Gasteiger charge is 2.05. The van der Waals surface area contributed by atoms with Crippen LogP contribution in [0.1, 0.15) is 0 Å². The van der Waals surface area contributed by atoms with Crippen molar-refractivity contribution >= 4 is 12.0 Å². The lowest BCUT2D eigenvalue weighted by Gasteiger charge is -2.08. The van der Waals surface area contributed by atoms with Crippen LogP contribution in [0.4, 0.5) is 0 Å². The van der Waals surface area contributed by atoms with Crippen molar-refractivity contribution in [3.63, 3.8) is 0 Å². The first-order valence-corrected chi connectivity index (χ1v) is 7.31. The van der Waals surface area contributed by atoms with Gasteiger partial charge in [0.2, 0.25) is 0 Å². The van der Waals surface area contributed by atoms with Crippen molar-refractivity contribution in [1.82, 2.24) is 14.5 Å². The van der Waals surface area contributed by atoms with Crippen molar-refractivity contribution in [3.8, 4) is 16.8 Å². The summed E-state index contributed by atoms with van der Waals surface area (Å²) in [6.45, 7) is 0. The third kappa shape index (κ3) is 3.63. The normalized spacial score (nSPS) is 10.7. The van der Waals surface area contributed by atoms with Crippen molar-refractivity contribution in [2.45, 2.75) is 4.90 Å². The van der Waals surface area contributed by atoms with E-state index in [4.69, 9.17) is 5.90 Å². The second-order valence-electron chi connectivity index (χ2n) is 4.49. The van der Waals surface area contributed by atoms with Crippen molar-refractivity contribution in [1.29, 1.82) is 0 Å². The molecule has 0 saturated carbocycles. The Labute approximate surface area is 135 Å². The van der Waals surface area contributed by atoms with E-state index < -0.39 is 0 Å². The molecular weight excluding hydrogens is 316 g/mol. The van der Waals surface area contributed by atoms with Gasteiger partial charge in [-0.1, -0.05) is 12.1 Å². The van der Waals surface area contributed by atoms with Crippen LogP contribution in [0.15, 0.2) is 71.0 Å². The molecule has 0 spiro atoms. The molecular formula is C15H12N4O3S. The summed E-state index contributed by atoms with van der Waals surface area (Å²) in [5.41, 5.74) is 2.30. The zero-order valence-corrected chi connectivity index (χ0v) is 12.6. The standard InChI is InChI=1S/C15H12N4O3S/c16-21-22-23-14-4-1-11(2-5-14)12-3-6-15(20)19(9-12)13-7-17-10-18-8-13/h1-10H,16H2. The molecule has 3 rings (SSSR count). The Morgan fingerprint density at radius 1 is 1.00 bits per heavy atom. The number of aromatic nitrogens is 3. The summed E-state index contributed by atoms with van der Waals surface area (Å²) in [5.74, 6) is 4.80. The first-order valence-electron chi connectivity index (χ1n) is 6.56. The van der Waals surface area contributed by atoms with E-state index in [9.17, 15) is 4.79 Å². The van der Waals surface area contributed by atoms with E-state index >= 15 is 0 Å². The van der Waals surface area contributed by atoms with Crippen molar-refractivity contribution in [2.75, 3.05) is 0 Å². The third-order valence-corrected chi connectivity index (χ3v) is 3.70. The summed E-state index contributed by atoms with van der Waals surface area (Å²) in [7, 11) is 0. The average Bonchev–Trinajstić information content (AvgIpc) is 2.62.